The fraction of sp³-hybridized carbons (Fsp3) is 0.455. The quantitative estimate of drug-likeness (QED) is 0.834. The third-order valence-corrected chi connectivity index (χ3v) is 2.95. The second-order valence-corrected chi connectivity index (χ2v) is 4.86. The van der Waals surface area contributed by atoms with Gasteiger partial charge in [0.25, 0.3) is 0 Å². The van der Waals surface area contributed by atoms with E-state index in [4.69, 9.17) is 4.74 Å². The van der Waals surface area contributed by atoms with Gasteiger partial charge in [-0.3, -0.25) is 4.21 Å². The Hall–Kier alpha value is -0.870. The lowest BCUT2D eigenvalue weighted by Gasteiger charge is -2.14. The highest BCUT2D eigenvalue weighted by Crippen LogP contribution is 2.12. The van der Waals surface area contributed by atoms with Crippen LogP contribution in [0.2, 0.25) is 0 Å². The average Bonchev–Trinajstić information content (AvgIpc) is 2.18. The van der Waals surface area contributed by atoms with E-state index < -0.39 is 10.8 Å². The lowest BCUT2D eigenvalue weighted by Crippen LogP contribution is -2.20. The molecule has 0 aliphatic carbocycles. The average molecular weight is 227 g/mol. The smallest absolute Gasteiger partial charge is 0.0661 e. The summed E-state index contributed by atoms with van der Waals surface area (Å²) >= 11 is 0. The van der Waals surface area contributed by atoms with Crippen molar-refractivity contribution in [3.63, 3.8) is 0 Å². The molecule has 3 nitrogen and oxygen atoms in total. The fourth-order valence-electron chi connectivity index (χ4n) is 1.32. The van der Waals surface area contributed by atoms with Gasteiger partial charge in [0.15, 0.2) is 0 Å². The largest absolute Gasteiger partial charge is 0.383 e. The molecule has 0 spiro atoms. The molecule has 2 atom stereocenters. The summed E-state index contributed by atoms with van der Waals surface area (Å²) in [5.74, 6) is 0. The van der Waals surface area contributed by atoms with E-state index in [0.29, 0.717) is 6.61 Å². The van der Waals surface area contributed by atoms with Crippen LogP contribution in [0.1, 0.15) is 6.92 Å². The Balaban J connectivity index is 2.60. The Morgan fingerprint density at radius 3 is 2.47 bits per heavy atom. The fourth-order valence-corrected chi connectivity index (χ4v) is 1.84. The van der Waals surface area contributed by atoms with E-state index in [-0.39, 0.29) is 6.04 Å². The summed E-state index contributed by atoms with van der Waals surface area (Å²) in [6, 6.07) is 7.88. The summed E-state index contributed by atoms with van der Waals surface area (Å²) in [6.45, 7) is 2.72. The minimum Gasteiger partial charge on any atom is -0.383 e. The van der Waals surface area contributed by atoms with E-state index in [1.807, 2.05) is 24.3 Å². The van der Waals surface area contributed by atoms with Crippen molar-refractivity contribution >= 4 is 16.5 Å². The van der Waals surface area contributed by atoms with Gasteiger partial charge in [0.2, 0.25) is 0 Å². The Labute approximate surface area is 93.3 Å². The highest BCUT2D eigenvalue weighted by atomic mass is 32.2. The van der Waals surface area contributed by atoms with Crippen LogP contribution >= 0.6 is 0 Å². The van der Waals surface area contributed by atoms with Gasteiger partial charge in [0.05, 0.1) is 6.61 Å². The van der Waals surface area contributed by atoms with Gasteiger partial charge in [-0.1, -0.05) is 0 Å². The molecule has 0 bridgehead atoms. The molecule has 0 fully saturated rings. The number of hydrogen-bond donors (Lipinski definition) is 1. The predicted molar refractivity (Wildman–Crippen MR) is 63.7 cm³/mol. The maximum absolute atomic E-state index is 11.2. The van der Waals surface area contributed by atoms with Crippen molar-refractivity contribution in [1.29, 1.82) is 0 Å². The molecular weight excluding hydrogens is 210 g/mol. The highest BCUT2D eigenvalue weighted by molar-refractivity contribution is 7.84. The van der Waals surface area contributed by atoms with Gasteiger partial charge < -0.3 is 10.1 Å². The standard InChI is InChI=1S/C11H17NO2S/c1-9(8-14-2)12-10-4-6-11(7-5-10)15(3)13/h4-7,9,12H,8H2,1-3H3/t9-,15+/m0/s1. The van der Waals surface area contributed by atoms with Crippen LogP contribution in [0.25, 0.3) is 0 Å². The first-order chi connectivity index (χ1) is 7.13. The highest BCUT2D eigenvalue weighted by Gasteiger charge is 2.01. The molecule has 0 unspecified atom stereocenters. The van der Waals surface area contributed by atoms with Crippen LogP contribution in [0.3, 0.4) is 0 Å². The van der Waals surface area contributed by atoms with E-state index in [1.165, 1.54) is 0 Å². The Bertz CT molecular complexity index is 324. The van der Waals surface area contributed by atoms with Crippen molar-refractivity contribution in [2.24, 2.45) is 0 Å². The number of methoxy groups -OCH3 is 1. The molecule has 15 heavy (non-hydrogen) atoms. The molecule has 0 aliphatic heterocycles. The molecule has 0 saturated heterocycles. The number of hydrogen-bond acceptors (Lipinski definition) is 3. The second-order valence-electron chi connectivity index (χ2n) is 3.48. The molecule has 1 N–H and O–H groups in total. The van der Waals surface area contributed by atoms with Gasteiger partial charge >= 0.3 is 0 Å². The number of nitrogens with one attached hydrogen (secondary N) is 1. The van der Waals surface area contributed by atoms with E-state index in [0.717, 1.165) is 10.6 Å². The van der Waals surface area contributed by atoms with Crippen molar-refractivity contribution in [2.45, 2.75) is 17.9 Å². The first-order valence-corrected chi connectivity index (χ1v) is 6.38. The van der Waals surface area contributed by atoms with Crippen molar-refractivity contribution < 1.29 is 8.95 Å². The van der Waals surface area contributed by atoms with Crippen molar-refractivity contribution in [3.05, 3.63) is 24.3 Å². The van der Waals surface area contributed by atoms with Gasteiger partial charge in [-0.05, 0) is 31.2 Å². The topological polar surface area (TPSA) is 38.3 Å². The van der Waals surface area contributed by atoms with Gasteiger partial charge in [-0.2, -0.15) is 0 Å². The van der Waals surface area contributed by atoms with Crippen molar-refractivity contribution in [2.75, 3.05) is 25.3 Å². The van der Waals surface area contributed by atoms with Gasteiger partial charge in [-0.15, -0.1) is 0 Å². The first-order valence-electron chi connectivity index (χ1n) is 4.82. The van der Waals surface area contributed by atoms with Gasteiger partial charge in [-0.25, -0.2) is 0 Å². The minimum absolute atomic E-state index is 0.271. The third kappa shape index (κ3) is 4.01. The summed E-state index contributed by atoms with van der Waals surface area (Å²) in [7, 11) is 0.776. The van der Waals surface area contributed by atoms with Crippen molar-refractivity contribution in [1.82, 2.24) is 0 Å². The normalized spacial score (nSPS) is 14.6. The van der Waals surface area contributed by atoms with Crippen LogP contribution in [0, 0.1) is 0 Å². The van der Waals surface area contributed by atoms with Crippen LogP contribution in [-0.4, -0.2) is 30.2 Å². The summed E-state index contributed by atoms with van der Waals surface area (Å²) < 4.78 is 16.2. The molecule has 1 aromatic carbocycles. The van der Waals surface area contributed by atoms with Crippen LogP contribution < -0.4 is 5.32 Å². The molecule has 0 radical (unpaired) electrons. The zero-order valence-electron chi connectivity index (χ0n) is 9.32. The van der Waals surface area contributed by atoms with Gasteiger partial charge in [0.1, 0.15) is 0 Å². The number of benzene rings is 1. The molecule has 0 heterocycles. The molecule has 0 aliphatic rings. The maximum Gasteiger partial charge on any atom is 0.0661 e. The molecule has 0 saturated carbocycles. The number of ether oxygens (including phenoxy) is 1. The van der Waals surface area contributed by atoms with E-state index in [1.54, 1.807) is 13.4 Å². The zero-order valence-corrected chi connectivity index (χ0v) is 10.1. The van der Waals surface area contributed by atoms with Crippen LogP contribution in [0.4, 0.5) is 5.69 Å². The molecule has 0 amide bonds. The number of rotatable bonds is 5. The zero-order chi connectivity index (χ0) is 11.3. The molecule has 0 aromatic heterocycles. The summed E-state index contributed by atoms with van der Waals surface area (Å²) in [4.78, 5) is 0.847. The van der Waals surface area contributed by atoms with Crippen LogP contribution in [0.15, 0.2) is 29.2 Å². The van der Waals surface area contributed by atoms with E-state index in [2.05, 4.69) is 12.2 Å². The van der Waals surface area contributed by atoms with Gasteiger partial charge in [0, 0.05) is 40.8 Å². The molecule has 1 aromatic rings. The Kier molecular flexibility index (Phi) is 4.78. The number of anilines is 1. The second kappa shape index (κ2) is 5.88. The predicted octanol–water partition coefficient (Wildman–Crippen LogP) is 1.87. The summed E-state index contributed by atoms with van der Waals surface area (Å²) in [5, 5.41) is 3.28. The van der Waals surface area contributed by atoms with E-state index >= 15 is 0 Å². The SMILES string of the molecule is COC[C@H](C)Nc1ccc([S@@](C)=O)cc1. The first kappa shape index (κ1) is 12.2. The molecular formula is C11H17NO2S. The summed E-state index contributed by atoms with van der Waals surface area (Å²) in [5.41, 5.74) is 1.02. The minimum atomic E-state index is -0.906. The van der Waals surface area contributed by atoms with E-state index in [9.17, 15) is 4.21 Å². The third-order valence-electron chi connectivity index (χ3n) is 2.02. The molecule has 84 valence electrons. The lowest BCUT2D eigenvalue weighted by atomic mass is 10.3. The maximum atomic E-state index is 11.2. The van der Waals surface area contributed by atoms with Crippen LogP contribution in [0.5, 0.6) is 0 Å². The Morgan fingerprint density at radius 2 is 2.00 bits per heavy atom. The monoisotopic (exact) mass is 227 g/mol. The van der Waals surface area contributed by atoms with Crippen molar-refractivity contribution in [3.8, 4) is 0 Å². The summed E-state index contributed by atoms with van der Waals surface area (Å²) in [6.07, 6.45) is 1.68. The lowest BCUT2D eigenvalue weighted by molar-refractivity contribution is 0.190. The molecule has 1 rings (SSSR count). The van der Waals surface area contributed by atoms with Crippen LogP contribution in [-0.2, 0) is 15.5 Å². The molecule has 4 heteroatoms. The Morgan fingerprint density at radius 1 is 1.40 bits per heavy atom.